The molecule has 0 saturated carbocycles. The van der Waals surface area contributed by atoms with Gasteiger partial charge in [-0.2, -0.15) is 0 Å². The molecule has 0 aromatic heterocycles. The van der Waals surface area contributed by atoms with Crippen LogP contribution >= 0.6 is 0 Å². The highest BCUT2D eigenvalue weighted by Crippen LogP contribution is 2.42. The van der Waals surface area contributed by atoms with E-state index in [2.05, 4.69) is 9.98 Å². The minimum atomic E-state index is -0.364. The molecule has 3 rings (SSSR count). The first kappa shape index (κ1) is 9.77. The second kappa shape index (κ2) is 3.28. The van der Waals surface area contributed by atoms with E-state index in [1.165, 1.54) is 19.4 Å². The fraction of sp³-hybridized carbons (Fsp3) is 0.0833. The van der Waals surface area contributed by atoms with Gasteiger partial charge in [0.1, 0.15) is 5.71 Å². The van der Waals surface area contributed by atoms with Gasteiger partial charge in [0.15, 0.2) is 11.5 Å². The third kappa shape index (κ3) is 1.29. The van der Waals surface area contributed by atoms with E-state index in [4.69, 9.17) is 4.74 Å². The molecule has 84 valence electrons. The third-order valence-electron chi connectivity index (χ3n) is 2.71. The molecular weight excluding hydrogens is 220 g/mol. The number of aromatic hydroxyl groups is 1. The maximum absolute atomic E-state index is 11.5. The third-order valence-corrected chi connectivity index (χ3v) is 2.71. The molecule has 0 fully saturated rings. The van der Waals surface area contributed by atoms with Crippen LogP contribution in [0.3, 0.4) is 0 Å². The first-order valence-corrected chi connectivity index (χ1v) is 5.00. The number of nitrogens with zero attached hydrogens (tertiary/aromatic N) is 2. The lowest BCUT2D eigenvalue weighted by Gasteiger charge is -2.07. The number of phenolic OH excluding ortho intramolecular Hbond substituents is 1. The average Bonchev–Trinajstić information content (AvgIpc) is 2.67. The van der Waals surface area contributed by atoms with Gasteiger partial charge in [0.2, 0.25) is 0 Å². The number of aliphatic imine (C=N–C) groups is 2. The van der Waals surface area contributed by atoms with Crippen molar-refractivity contribution in [3.63, 3.8) is 0 Å². The Morgan fingerprint density at radius 1 is 1.35 bits per heavy atom. The van der Waals surface area contributed by atoms with Gasteiger partial charge in [-0.05, 0) is 12.1 Å². The summed E-state index contributed by atoms with van der Waals surface area (Å²) in [5.41, 5.74) is 2.37. The van der Waals surface area contributed by atoms with Crippen molar-refractivity contribution in [3.8, 4) is 11.5 Å². The SMILES string of the molecule is COc1cc2c(cc1O)N=C1C(=O)N=CC=C12. The predicted octanol–water partition coefficient (Wildman–Crippen LogP) is 1.48. The van der Waals surface area contributed by atoms with Crippen molar-refractivity contribution in [1.82, 2.24) is 0 Å². The summed E-state index contributed by atoms with van der Waals surface area (Å²) in [5, 5.41) is 9.64. The lowest BCUT2D eigenvalue weighted by Crippen LogP contribution is -2.13. The number of carbonyl (C=O) groups is 1. The van der Waals surface area contributed by atoms with Crippen LogP contribution in [0.4, 0.5) is 5.69 Å². The topological polar surface area (TPSA) is 71.2 Å². The van der Waals surface area contributed by atoms with E-state index in [-0.39, 0.29) is 11.7 Å². The number of fused-ring (bicyclic) bond motifs is 3. The fourth-order valence-corrected chi connectivity index (χ4v) is 1.91. The van der Waals surface area contributed by atoms with E-state index >= 15 is 0 Å². The van der Waals surface area contributed by atoms with E-state index in [9.17, 15) is 9.90 Å². The van der Waals surface area contributed by atoms with Crippen LogP contribution in [0.5, 0.6) is 11.5 Å². The lowest BCUT2D eigenvalue weighted by molar-refractivity contribution is -0.111. The van der Waals surface area contributed by atoms with Crippen LogP contribution in [0.15, 0.2) is 28.2 Å². The largest absolute Gasteiger partial charge is 0.504 e. The molecule has 0 radical (unpaired) electrons. The molecule has 5 nitrogen and oxygen atoms in total. The maximum Gasteiger partial charge on any atom is 0.296 e. The van der Waals surface area contributed by atoms with E-state index in [1.807, 2.05) is 0 Å². The Morgan fingerprint density at radius 2 is 2.18 bits per heavy atom. The fourth-order valence-electron chi connectivity index (χ4n) is 1.91. The van der Waals surface area contributed by atoms with E-state index in [0.29, 0.717) is 17.1 Å². The number of benzene rings is 1. The molecule has 2 heterocycles. The van der Waals surface area contributed by atoms with Crippen LogP contribution in [0.2, 0.25) is 0 Å². The van der Waals surface area contributed by atoms with Gasteiger partial charge in [0.05, 0.1) is 12.8 Å². The first-order valence-electron chi connectivity index (χ1n) is 5.00. The lowest BCUT2D eigenvalue weighted by atomic mass is 10.0. The van der Waals surface area contributed by atoms with Gasteiger partial charge in [-0.15, -0.1) is 0 Å². The van der Waals surface area contributed by atoms with Crippen LogP contribution in [-0.2, 0) is 4.79 Å². The molecular formula is C12H8N2O3. The number of rotatable bonds is 1. The second-order valence-electron chi connectivity index (χ2n) is 3.67. The number of hydrogen-bond acceptors (Lipinski definition) is 4. The number of phenols is 1. The predicted molar refractivity (Wildman–Crippen MR) is 63.2 cm³/mol. The Morgan fingerprint density at radius 3 is 2.94 bits per heavy atom. The minimum absolute atomic E-state index is 0.00298. The average molecular weight is 228 g/mol. The highest BCUT2D eigenvalue weighted by Gasteiger charge is 2.28. The molecule has 0 aliphatic carbocycles. The molecule has 2 aliphatic rings. The molecule has 17 heavy (non-hydrogen) atoms. The van der Waals surface area contributed by atoms with Gasteiger partial charge in [-0.3, -0.25) is 4.79 Å². The standard InChI is InChI=1S/C12H8N2O3/c1-17-10-4-7-6-2-3-13-12(16)11(6)14-8(7)5-9(10)15/h2-5,15H,1H3. The molecule has 1 aromatic carbocycles. The Hall–Kier alpha value is -2.43. The molecule has 2 aliphatic heterocycles. The van der Waals surface area contributed by atoms with Crippen molar-refractivity contribution in [1.29, 1.82) is 0 Å². The van der Waals surface area contributed by atoms with Crippen LogP contribution < -0.4 is 4.74 Å². The van der Waals surface area contributed by atoms with Crippen molar-refractivity contribution in [3.05, 3.63) is 23.8 Å². The van der Waals surface area contributed by atoms with Crippen molar-refractivity contribution >= 4 is 29.1 Å². The summed E-state index contributed by atoms with van der Waals surface area (Å²) < 4.78 is 5.03. The summed E-state index contributed by atoms with van der Waals surface area (Å²) in [6.45, 7) is 0. The van der Waals surface area contributed by atoms with E-state index < -0.39 is 0 Å². The van der Waals surface area contributed by atoms with Gasteiger partial charge in [0, 0.05) is 23.4 Å². The number of dihydropyridines is 1. The molecule has 5 heteroatoms. The summed E-state index contributed by atoms with van der Waals surface area (Å²) in [5.74, 6) is -0.00330. The van der Waals surface area contributed by atoms with Crippen LogP contribution in [0.1, 0.15) is 5.56 Å². The number of amides is 1. The highest BCUT2D eigenvalue weighted by molar-refractivity contribution is 6.60. The van der Waals surface area contributed by atoms with Gasteiger partial charge < -0.3 is 9.84 Å². The van der Waals surface area contributed by atoms with Gasteiger partial charge in [-0.1, -0.05) is 0 Å². The monoisotopic (exact) mass is 228 g/mol. The molecule has 1 N–H and O–H groups in total. The van der Waals surface area contributed by atoms with Gasteiger partial charge in [0.25, 0.3) is 5.91 Å². The normalized spacial score (nSPS) is 16.2. The van der Waals surface area contributed by atoms with E-state index in [0.717, 1.165) is 11.1 Å². The number of allylic oxidation sites excluding steroid dienone is 1. The van der Waals surface area contributed by atoms with Crippen molar-refractivity contribution in [2.24, 2.45) is 9.98 Å². The molecule has 0 unspecified atom stereocenters. The van der Waals surface area contributed by atoms with Gasteiger partial charge in [-0.25, -0.2) is 9.98 Å². The summed E-state index contributed by atoms with van der Waals surface area (Å²) in [6.07, 6.45) is 3.17. The molecule has 0 spiro atoms. The Kier molecular flexibility index (Phi) is 1.89. The summed E-state index contributed by atoms with van der Waals surface area (Å²) in [4.78, 5) is 19.3. The molecule has 1 amide bonds. The quantitative estimate of drug-likeness (QED) is 0.791. The summed E-state index contributed by atoms with van der Waals surface area (Å²) in [7, 11) is 1.47. The second-order valence-corrected chi connectivity index (χ2v) is 3.67. The Labute approximate surface area is 96.8 Å². The number of ether oxygens (including phenoxy) is 1. The Bertz CT molecular complexity index is 627. The smallest absolute Gasteiger partial charge is 0.296 e. The molecule has 1 aromatic rings. The van der Waals surface area contributed by atoms with Crippen LogP contribution in [0, 0.1) is 0 Å². The molecule has 0 atom stereocenters. The zero-order valence-electron chi connectivity index (χ0n) is 8.97. The Balaban J connectivity index is 2.23. The van der Waals surface area contributed by atoms with Crippen LogP contribution in [0.25, 0.3) is 5.57 Å². The zero-order valence-corrected chi connectivity index (χ0v) is 8.97. The van der Waals surface area contributed by atoms with E-state index in [1.54, 1.807) is 12.1 Å². The summed E-state index contributed by atoms with van der Waals surface area (Å²) >= 11 is 0. The van der Waals surface area contributed by atoms with Gasteiger partial charge >= 0.3 is 0 Å². The maximum atomic E-state index is 11.5. The first-order chi connectivity index (χ1) is 8.20. The molecule has 0 saturated heterocycles. The number of carbonyl (C=O) groups excluding carboxylic acids is 1. The zero-order chi connectivity index (χ0) is 12.0. The number of hydrogen-bond donors (Lipinski definition) is 1. The highest BCUT2D eigenvalue weighted by atomic mass is 16.5. The summed E-state index contributed by atoms with van der Waals surface area (Å²) in [6, 6.07) is 3.15. The van der Waals surface area contributed by atoms with Crippen molar-refractivity contribution < 1.29 is 14.6 Å². The van der Waals surface area contributed by atoms with Crippen molar-refractivity contribution in [2.75, 3.05) is 7.11 Å². The van der Waals surface area contributed by atoms with Crippen LogP contribution in [-0.4, -0.2) is 30.0 Å². The van der Waals surface area contributed by atoms with Crippen molar-refractivity contribution in [2.45, 2.75) is 0 Å². The minimum Gasteiger partial charge on any atom is -0.504 e. The number of methoxy groups -OCH3 is 1. The molecule has 0 bridgehead atoms.